The van der Waals surface area contributed by atoms with Gasteiger partial charge in [-0.15, -0.1) is 0 Å². The molecule has 20 heavy (non-hydrogen) atoms. The molecule has 0 aliphatic heterocycles. The summed E-state index contributed by atoms with van der Waals surface area (Å²) in [5.41, 5.74) is 2.30. The number of nitrogens with one attached hydrogen (secondary N) is 1. The molecule has 0 fully saturated rings. The fraction of sp³-hybridized carbons (Fsp3) is 0.556. The van der Waals surface area contributed by atoms with Gasteiger partial charge in [-0.3, -0.25) is 0 Å². The number of rotatable bonds is 9. The lowest BCUT2D eigenvalue weighted by molar-refractivity contribution is 0.576. The number of H-pyrrole nitrogens is 1. The zero-order chi connectivity index (χ0) is 14.2. The highest BCUT2D eigenvalue weighted by Crippen LogP contribution is 2.21. The molecule has 0 amide bonds. The summed E-state index contributed by atoms with van der Waals surface area (Å²) < 4.78 is 13.3. The zero-order valence-electron chi connectivity index (χ0n) is 12.6. The molecule has 0 aliphatic carbocycles. The molecule has 1 nitrogen and oxygen atoms in total. The predicted octanol–water partition coefficient (Wildman–Crippen LogP) is 5.99. The molecule has 2 heteroatoms. The maximum absolute atomic E-state index is 13.3. The van der Waals surface area contributed by atoms with Crippen molar-refractivity contribution in [3.63, 3.8) is 0 Å². The molecule has 1 aromatic heterocycles. The average Bonchev–Trinajstić information content (AvgIpc) is 2.84. The third-order valence-electron chi connectivity index (χ3n) is 4.03. The lowest BCUT2D eigenvalue weighted by Gasteiger charge is -2.02. The van der Waals surface area contributed by atoms with Crippen LogP contribution in [0.5, 0.6) is 0 Å². The number of aromatic amines is 1. The van der Waals surface area contributed by atoms with E-state index in [1.54, 1.807) is 6.07 Å². The van der Waals surface area contributed by atoms with Gasteiger partial charge in [-0.1, -0.05) is 51.9 Å². The fourth-order valence-electron chi connectivity index (χ4n) is 2.81. The molecular formula is C18H26FN. The van der Waals surface area contributed by atoms with Gasteiger partial charge < -0.3 is 4.98 Å². The highest BCUT2D eigenvalue weighted by Gasteiger charge is 2.04. The molecule has 0 bridgehead atoms. The number of aromatic nitrogens is 1. The van der Waals surface area contributed by atoms with Crippen molar-refractivity contribution in [2.24, 2.45) is 0 Å². The van der Waals surface area contributed by atoms with Gasteiger partial charge in [0, 0.05) is 17.1 Å². The first-order valence-corrected chi connectivity index (χ1v) is 8.07. The van der Waals surface area contributed by atoms with Crippen LogP contribution in [-0.2, 0) is 6.42 Å². The van der Waals surface area contributed by atoms with E-state index in [-0.39, 0.29) is 5.82 Å². The summed E-state index contributed by atoms with van der Waals surface area (Å²) in [4.78, 5) is 3.22. The summed E-state index contributed by atoms with van der Waals surface area (Å²) in [6.45, 7) is 2.25. The van der Waals surface area contributed by atoms with Crippen LogP contribution in [-0.4, -0.2) is 4.98 Å². The fourth-order valence-corrected chi connectivity index (χ4v) is 2.81. The molecule has 110 valence electrons. The molecule has 2 aromatic rings. The van der Waals surface area contributed by atoms with Crippen LogP contribution >= 0.6 is 0 Å². The van der Waals surface area contributed by atoms with E-state index in [1.807, 2.05) is 12.3 Å². The van der Waals surface area contributed by atoms with Crippen molar-refractivity contribution in [3.8, 4) is 0 Å². The van der Waals surface area contributed by atoms with Crippen molar-refractivity contribution in [1.82, 2.24) is 4.98 Å². The van der Waals surface area contributed by atoms with E-state index in [1.165, 1.54) is 63.0 Å². The van der Waals surface area contributed by atoms with Gasteiger partial charge >= 0.3 is 0 Å². The minimum absolute atomic E-state index is 0.144. The Balaban J connectivity index is 1.69. The number of aryl methyl sites for hydroxylation is 1. The molecule has 0 spiro atoms. The minimum atomic E-state index is -0.144. The SMILES string of the molecule is CCCCCCCCCCc1c[nH]c2ccc(F)cc12. The standard InChI is InChI=1S/C18H26FN/c1-2-3-4-5-6-7-8-9-10-15-14-20-18-12-11-16(19)13-17(15)18/h11-14,20H,2-10H2,1H3. The molecule has 1 N–H and O–H groups in total. The summed E-state index contributed by atoms with van der Waals surface area (Å²) in [7, 11) is 0. The Morgan fingerprint density at radius 3 is 2.40 bits per heavy atom. The van der Waals surface area contributed by atoms with E-state index < -0.39 is 0 Å². The lowest BCUT2D eigenvalue weighted by atomic mass is 10.0. The Morgan fingerprint density at radius 1 is 0.950 bits per heavy atom. The van der Waals surface area contributed by atoms with Crippen LogP contribution in [0.25, 0.3) is 10.9 Å². The van der Waals surface area contributed by atoms with Gasteiger partial charge in [0.2, 0.25) is 0 Å². The Labute approximate surface area is 121 Å². The van der Waals surface area contributed by atoms with E-state index in [4.69, 9.17) is 0 Å². The molecule has 0 unspecified atom stereocenters. The highest BCUT2D eigenvalue weighted by molar-refractivity contribution is 5.83. The maximum Gasteiger partial charge on any atom is 0.123 e. The van der Waals surface area contributed by atoms with Crippen molar-refractivity contribution in [2.75, 3.05) is 0 Å². The van der Waals surface area contributed by atoms with Crippen molar-refractivity contribution < 1.29 is 4.39 Å². The smallest absolute Gasteiger partial charge is 0.123 e. The highest BCUT2D eigenvalue weighted by atomic mass is 19.1. The van der Waals surface area contributed by atoms with Crippen LogP contribution in [0, 0.1) is 5.82 Å². The van der Waals surface area contributed by atoms with E-state index in [0.29, 0.717) is 0 Å². The second kappa shape index (κ2) is 8.08. The Bertz CT molecular complexity index is 515. The first-order valence-electron chi connectivity index (χ1n) is 8.07. The summed E-state index contributed by atoms with van der Waals surface area (Å²) in [5, 5.41) is 1.05. The second-order valence-electron chi connectivity index (χ2n) is 5.73. The number of hydrogen-bond acceptors (Lipinski definition) is 0. The summed E-state index contributed by atoms with van der Waals surface area (Å²) in [6.07, 6.45) is 13.7. The topological polar surface area (TPSA) is 15.8 Å². The summed E-state index contributed by atoms with van der Waals surface area (Å²) in [5.74, 6) is -0.144. The maximum atomic E-state index is 13.3. The third kappa shape index (κ3) is 4.36. The van der Waals surface area contributed by atoms with Crippen LogP contribution in [0.2, 0.25) is 0 Å². The monoisotopic (exact) mass is 275 g/mol. The number of fused-ring (bicyclic) bond motifs is 1. The molecule has 0 saturated carbocycles. The molecular weight excluding hydrogens is 249 g/mol. The normalized spacial score (nSPS) is 11.3. The molecule has 1 aromatic carbocycles. The van der Waals surface area contributed by atoms with Crippen molar-refractivity contribution in [3.05, 3.63) is 35.8 Å². The molecule has 0 radical (unpaired) electrons. The van der Waals surface area contributed by atoms with Crippen molar-refractivity contribution in [1.29, 1.82) is 0 Å². The molecule has 2 rings (SSSR count). The van der Waals surface area contributed by atoms with Crippen LogP contribution in [0.3, 0.4) is 0 Å². The number of hydrogen-bond donors (Lipinski definition) is 1. The third-order valence-corrected chi connectivity index (χ3v) is 4.03. The van der Waals surface area contributed by atoms with Gasteiger partial charge in [0.25, 0.3) is 0 Å². The minimum Gasteiger partial charge on any atom is -0.361 e. The molecule has 0 saturated heterocycles. The predicted molar refractivity (Wildman–Crippen MR) is 84.6 cm³/mol. The van der Waals surface area contributed by atoms with Crippen LogP contribution < -0.4 is 0 Å². The Morgan fingerprint density at radius 2 is 1.65 bits per heavy atom. The van der Waals surface area contributed by atoms with Gasteiger partial charge in [-0.2, -0.15) is 0 Å². The van der Waals surface area contributed by atoms with Crippen LogP contribution in [0.1, 0.15) is 63.9 Å². The van der Waals surface area contributed by atoms with Gasteiger partial charge in [0.05, 0.1) is 0 Å². The van der Waals surface area contributed by atoms with E-state index in [0.717, 1.165) is 17.3 Å². The molecule has 1 heterocycles. The van der Waals surface area contributed by atoms with E-state index in [9.17, 15) is 4.39 Å². The Kier molecular flexibility index (Phi) is 6.10. The van der Waals surface area contributed by atoms with E-state index in [2.05, 4.69) is 11.9 Å². The number of benzene rings is 1. The lowest BCUT2D eigenvalue weighted by Crippen LogP contribution is -1.86. The average molecular weight is 275 g/mol. The second-order valence-corrected chi connectivity index (χ2v) is 5.73. The van der Waals surface area contributed by atoms with Gasteiger partial charge in [0.1, 0.15) is 5.82 Å². The first-order chi connectivity index (χ1) is 9.81. The van der Waals surface area contributed by atoms with Crippen molar-refractivity contribution in [2.45, 2.75) is 64.7 Å². The zero-order valence-corrected chi connectivity index (χ0v) is 12.6. The first kappa shape index (κ1) is 15.1. The Hall–Kier alpha value is -1.31. The van der Waals surface area contributed by atoms with Gasteiger partial charge in [-0.05, 0) is 36.6 Å². The number of halogens is 1. The molecule has 0 atom stereocenters. The summed E-state index contributed by atoms with van der Waals surface area (Å²) in [6, 6.07) is 4.98. The number of unbranched alkanes of at least 4 members (excludes halogenated alkanes) is 7. The summed E-state index contributed by atoms with van der Waals surface area (Å²) >= 11 is 0. The molecule has 0 aliphatic rings. The largest absolute Gasteiger partial charge is 0.361 e. The van der Waals surface area contributed by atoms with Gasteiger partial charge in [0.15, 0.2) is 0 Å². The quantitative estimate of drug-likeness (QED) is 0.541. The van der Waals surface area contributed by atoms with Crippen molar-refractivity contribution >= 4 is 10.9 Å². The van der Waals surface area contributed by atoms with Crippen LogP contribution in [0.4, 0.5) is 4.39 Å². The van der Waals surface area contributed by atoms with Gasteiger partial charge in [-0.25, -0.2) is 4.39 Å². The van der Waals surface area contributed by atoms with E-state index >= 15 is 0 Å². The van der Waals surface area contributed by atoms with Crippen LogP contribution in [0.15, 0.2) is 24.4 Å².